The van der Waals surface area contributed by atoms with Gasteiger partial charge in [0.1, 0.15) is 0 Å². The van der Waals surface area contributed by atoms with Crippen LogP contribution < -0.4 is 10.6 Å². The molecule has 1 aromatic carbocycles. The lowest BCUT2D eigenvalue weighted by Gasteiger charge is -2.13. The Balaban J connectivity index is 1.98. The van der Waals surface area contributed by atoms with Gasteiger partial charge < -0.3 is 15.2 Å². The summed E-state index contributed by atoms with van der Waals surface area (Å²) in [5, 5.41) is 6.67. The van der Waals surface area contributed by atoms with Gasteiger partial charge in [0.2, 0.25) is 0 Å². The van der Waals surface area contributed by atoms with Crippen LogP contribution >= 0.6 is 15.9 Å². The van der Waals surface area contributed by atoms with Gasteiger partial charge in [-0.05, 0) is 48.7 Å². The minimum absolute atomic E-state index is 0.676. The van der Waals surface area contributed by atoms with Crippen LogP contribution in [0.5, 0.6) is 0 Å². The van der Waals surface area contributed by atoms with Crippen LogP contribution in [0.4, 0.5) is 0 Å². The van der Waals surface area contributed by atoms with Crippen molar-refractivity contribution >= 4 is 21.9 Å². The molecule has 1 heterocycles. The lowest BCUT2D eigenvalue weighted by Crippen LogP contribution is -2.36. The van der Waals surface area contributed by atoms with Gasteiger partial charge in [-0.1, -0.05) is 22.0 Å². The highest BCUT2D eigenvalue weighted by atomic mass is 79.9. The van der Waals surface area contributed by atoms with Crippen molar-refractivity contribution in [2.75, 3.05) is 6.54 Å². The first kappa shape index (κ1) is 16.6. The third-order valence-corrected chi connectivity index (χ3v) is 3.90. The molecule has 2 aromatic rings. The molecule has 0 saturated carbocycles. The fourth-order valence-electron chi connectivity index (χ4n) is 2.20. The van der Waals surface area contributed by atoms with Gasteiger partial charge in [-0.3, -0.25) is 0 Å². The average Bonchev–Trinajstić information content (AvgIpc) is 2.89. The van der Waals surface area contributed by atoms with Crippen molar-refractivity contribution < 1.29 is 0 Å². The van der Waals surface area contributed by atoms with Gasteiger partial charge >= 0.3 is 0 Å². The van der Waals surface area contributed by atoms with Crippen LogP contribution in [0.1, 0.15) is 23.6 Å². The predicted octanol–water partition coefficient (Wildman–Crippen LogP) is 3.35. The third kappa shape index (κ3) is 4.91. The number of nitrogens with one attached hydrogen (secondary N) is 2. The number of hydrogen-bond donors (Lipinski definition) is 2. The molecule has 2 rings (SSSR count). The molecule has 1 aromatic heterocycles. The molecule has 0 saturated heterocycles. The van der Waals surface area contributed by atoms with Crippen molar-refractivity contribution in [3.63, 3.8) is 0 Å². The highest BCUT2D eigenvalue weighted by molar-refractivity contribution is 9.10. The fraction of sp³-hybridized carbons (Fsp3) is 0.353. The van der Waals surface area contributed by atoms with E-state index in [1.165, 1.54) is 16.7 Å². The Labute approximate surface area is 140 Å². The van der Waals surface area contributed by atoms with E-state index < -0.39 is 0 Å². The summed E-state index contributed by atoms with van der Waals surface area (Å²) in [6.45, 7) is 6.48. The van der Waals surface area contributed by atoms with Crippen molar-refractivity contribution in [1.82, 2.24) is 15.2 Å². The quantitative estimate of drug-likeness (QED) is 0.632. The summed E-state index contributed by atoms with van der Waals surface area (Å²) in [5.74, 6) is 0.841. The second-order valence-electron chi connectivity index (χ2n) is 5.30. The predicted molar refractivity (Wildman–Crippen MR) is 95.9 cm³/mol. The van der Waals surface area contributed by atoms with Crippen LogP contribution in [0, 0.1) is 6.92 Å². The van der Waals surface area contributed by atoms with Crippen molar-refractivity contribution in [3.8, 4) is 0 Å². The van der Waals surface area contributed by atoms with Gasteiger partial charge in [-0.15, -0.1) is 0 Å². The molecule has 0 bridgehead atoms. The van der Waals surface area contributed by atoms with E-state index in [1.807, 2.05) is 17.8 Å². The Morgan fingerprint density at radius 3 is 2.73 bits per heavy atom. The number of halogens is 1. The molecule has 2 N–H and O–H groups in total. The number of aromatic nitrogens is 1. The number of aryl methyl sites for hydroxylation is 2. The van der Waals surface area contributed by atoms with Gasteiger partial charge in [0.25, 0.3) is 0 Å². The van der Waals surface area contributed by atoms with Gasteiger partial charge in [0, 0.05) is 37.0 Å². The summed E-state index contributed by atoms with van der Waals surface area (Å²) in [7, 11) is 2.02. The Morgan fingerprint density at radius 1 is 1.27 bits per heavy atom. The van der Waals surface area contributed by atoms with E-state index in [-0.39, 0.29) is 0 Å². The zero-order valence-electron chi connectivity index (χ0n) is 13.4. The van der Waals surface area contributed by atoms with Crippen LogP contribution in [0.3, 0.4) is 0 Å². The molecule has 5 heteroatoms. The lowest BCUT2D eigenvalue weighted by atomic mass is 10.1. The first-order valence-corrected chi connectivity index (χ1v) is 8.26. The average molecular weight is 363 g/mol. The lowest BCUT2D eigenvalue weighted by molar-refractivity contribution is 0.812. The second-order valence-corrected chi connectivity index (χ2v) is 6.22. The van der Waals surface area contributed by atoms with Crippen molar-refractivity contribution in [1.29, 1.82) is 0 Å². The van der Waals surface area contributed by atoms with Crippen molar-refractivity contribution in [2.45, 2.75) is 26.9 Å². The molecule has 0 unspecified atom stereocenters. The minimum Gasteiger partial charge on any atom is -0.357 e. The zero-order chi connectivity index (χ0) is 15.9. The van der Waals surface area contributed by atoms with Gasteiger partial charge in [0.05, 0.1) is 6.54 Å². The van der Waals surface area contributed by atoms with Gasteiger partial charge in [-0.25, -0.2) is 4.99 Å². The fourth-order valence-corrected chi connectivity index (χ4v) is 2.68. The number of hydrogen-bond acceptors (Lipinski definition) is 1. The molecule has 0 aliphatic carbocycles. The number of aliphatic imine (C=N–C) groups is 1. The first-order chi connectivity index (χ1) is 10.6. The largest absolute Gasteiger partial charge is 0.357 e. The Kier molecular flexibility index (Phi) is 6.07. The normalized spacial score (nSPS) is 11.5. The Hall–Kier alpha value is -1.75. The third-order valence-electron chi connectivity index (χ3n) is 3.41. The summed E-state index contributed by atoms with van der Waals surface area (Å²) in [6, 6.07) is 8.42. The summed E-state index contributed by atoms with van der Waals surface area (Å²) >= 11 is 3.50. The molecule has 0 spiro atoms. The van der Waals surface area contributed by atoms with E-state index in [0.29, 0.717) is 6.54 Å². The highest BCUT2D eigenvalue weighted by Crippen LogP contribution is 2.15. The van der Waals surface area contributed by atoms with Crippen LogP contribution in [0.15, 0.2) is 46.1 Å². The topological polar surface area (TPSA) is 41.4 Å². The van der Waals surface area contributed by atoms with E-state index in [0.717, 1.165) is 23.5 Å². The van der Waals surface area contributed by atoms with Crippen molar-refractivity contribution in [3.05, 3.63) is 57.8 Å². The van der Waals surface area contributed by atoms with Gasteiger partial charge in [0.15, 0.2) is 5.96 Å². The molecule has 0 radical (unpaired) electrons. The molecule has 0 aliphatic rings. The van der Waals surface area contributed by atoms with Crippen LogP contribution in [0.2, 0.25) is 0 Å². The van der Waals surface area contributed by atoms with E-state index in [9.17, 15) is 0 Å². The molecule has 0 amide bonds. The number of rotatable bonds is 5. The van der Waals surface area contributed by atoms with Gasteiger partial charge in [-0.2, -0.15) is 0 Å². The van der Waals surface area contributed by atoms with E-state index in [2.05, 4.69) is 75.9 Å². The molecule has 118 valence electrons. The Morgan fingerprint density at radius 2 is 2.09 bits per heavy atom. The second kappa shape index (κ2) is 8.03. The molecular formula is C17H23BrN4. The summed E-state index contributed by atoms with van der Waals surface area (Å²) in [5.41, 5.74) is 3.74. The first-order valence-electron chi connectivity index (χ1n) is 7.46. The maximum absolute atomic E-state index is 4.63. The molecule has 0 atom stereocenters. The number of nitrogens with zero attached hydrogens (tertiary/aromatic N) is 2. The standard InChI is InChI=1S/C17H23BrN4/c1-4-19-17(20-10-14-7-8-22(3)12-14)21-11-15-5-6-16(18)9-13(15)2/h5-9,12H,4,10-11H2,1-3H3,(H2,19,20,21). The molecule has 0 fully saturated rings. The SMILES string of the molecule is CCNC(=NCc1ccn(C)c1)NCc1ccc(Br)cc1C. The van der Waals surface area contributed by atoms with E-state index in [4.69, 9.17) is 0 Å². The highest BCUT2D eigenvalue weighted by Gasteiger charge is 2.02. The monoisotopic (exact) mass is 362 g/mol. The maximum Gasteiger partial charge on any atom is 0.191 e. The van der Waals surface area contributed by atoms with E-state index >= 15 is 0 Å². The van der Waals surface area contributed by atoms with Crippen LogP contribution in [-0.4, -0.2) is 17.1 Å². The van der Waals surface area contributed by atoms with Crippen molar-refractivity contribution in [2.24, 2.45) is 12.0 Å². The minimum atomic E-state index is 0.676. The molecule has 0 aliphatic heterocycles. The summed E-state index contributed by atoms with van der Waals surface area (Å²) in [4.78, 5) is 4.63. The zero-order valence-corrected chi connectivity index (χ0v) is 14.9. The molecule has 22 heavy (non-hydrogen) atoms. The van der Waals surface area contributed by atoms with Crippen LogP contribution in [-0.2, 0) is 20.1 Å². The van der Waals surface area contributed by atoms with Crippen LogP contribution in [0.25, 0.3) is 0 Å². The summed E-state index contributed by atoms with van der Waals surface area (Å²) in [6.07, 6.45) is 4.13. The number of benzene rings is 1. The van der Waals surface area contributed by atoms with E-state index in [1.54, 1.807) is 0 Å². The number of guanidine groups is 1. The maximum atomic E-state index is 4.63. The molecular weight excluding hydrogens is 340 g/mol. The Bertz CT molecular complexity index is 646. The smallest absolute Gasteiger partial charge is 0.191 e. The molecule has 4 nitrogen and oxygen atoms in total. The summed E-state index contributed by atoms with van der Waals surface area (Å²) < 4.78 is 3.15.